The number of nitrogens with one attached hydrogen (secondary N) is 3. The standard InChI is InChI=1S/C24H26FN5O4/c1-27-18-11-28-12-22(33-13-18)23(31)29-17(10-26)7-16-4-3-14(8-19(16)25)15-5-6-21-20(9-15)30(2)24(32)34-21/h3-6,8-9,17-18,22,27-28H,7,11-13H2,1-2H3,(H,29,31)/t17-,18?,22?/m0/s1. The molecule has 0 aliphatic carbocycles. The highest BCUT2D eigenvalue weighted by molar-refractivity contribution is 5.82. The molecule has 1 aliphatic heterocycles. The lowest BCUT2D eigenvalue weighted by molar-refractivity contribution is -0.132. The fraction of sp³-hybridized carbons (Fsp3) is 0.375. The van der Waals surface area contributed by atoms with Crippen molar-refractivity contribution >= 4 is 17.0 Å². The van der Waals surface area contributed by atoms with E-state index in [0.29, 0.717) is 41.9 Å². The molecule has 178 valence electrons. The number of hydrogen-bond donors (Lipinski definition) is 3. The summed E-state index contributed by atoms with van der Waals surface area (Å²) in [6, 6.07) is 11.1. The second kappa shape index (κ2) is 10.2. The van der Waals surface area contributed by atoms with Crippen molar-refractivity contribution in [3.8, 4) is 17.2 Å². The Morgan fingerprint density at radius 3 is 2.79 bits per heavy atom. The van der Waals surface area contributed by atoms with Crippen molar-refractivity contribution in [2.24, 2.45) is 7.05 Å². The Morgan fingerprint density at radius 2 is 2.06 bits per heavy atom. The predicted molar refractivity (Wildman–Crippen MR) is 124 cm³/mol. The van der Waals surface area contributed by atoms with Gasteiger partial charge in [-0.25, -0.2) is 9.18 Å². The molecule has 0 bridgehead atoms. The molecule has 1 aromatic heterocycles. The van der Waals surface area contributed by atoms with Crippen molar-refractivity contribution in [3.05, 3.63) is 58.3 Å². The Kier molecular flexibility index (Phi) is 7.07. The van der Waals surface area contributed by atoms with E-state index in [1.54, 1.807) is 37.4 Å². The highest BCUT2D eigenvalue weighted by atomic mass is 19.1. The molecule has 3 N–H and O–H groups in total. The Balaban J connectivity index is 1.45. The average molecular weight is 468 g/mol. The summed E-state index contributed by atoms with van der Waals surface area (Å²) in [7, 11) is 3.42. The van der Waals surface area contributed by atoms with Crippen molar-refractivity contribution in [2.45, 2.75) is 24.6 Å². The molecule has 0 saturated carbocycles. The van der Waals surface area contributed by atoms with Crippen LogP contribution in [0.4, 0.5) is 4.39 Å². The number of rotatable bonds is 6. The maximum Gasteiger partial charge on any atom is 0.419 e. The first kappa shape index (κ1) is 23.6. The molecule has 0 spiro atoms. The Labute approximate surface area is 195 Å². The Hall–Kier alpha value is -3.52. The van der Waals surface area contributed by atoms with Gasteiger partial charge in [-0.15, -0.1) is 0 Å². The van der Waals surface area contributed by atoms with E-state index in [0.717, 1.165) is 5.56 Å². The third-order valence-electron chi connectivity index (χ3n) is 5.99. The van der Waals surface area contributed by atoms with E-state index < -0.39 is 29.6 Å². The third-order valence-corrected chi connectivity index (χ3v) is 5.99. The summed E-state index contributed by atoms with van der Waals surface area (Å²) in [6.07, 6.45) is -0.710. The van der Waals surface area contributed by atoms with Crippen molar-refractivity contribution in [1.29, 1.82) is 5.26 Å². The van der Waals surface area contributed by atoms with Crippen LogP contribution in [-0.2, 0) is 23.0 Å². The van der Waals surface area contributed by atoms with Gasteiger partial charge >= 0.3 is 5.76 Å². The molecular formula is C24H26FN5O4. The van der Waals surface area contributed by atoms with E-state index in [4.69, 9.17) is 9.15 Å². The highest BCUT2D eigenvalue weighted by Gasteiger charge is 2.26. The van der Waals surface area contributed by atoms with Gasteiger partial charge in [0, 0.05) is 32.6 Å². The summed E-state index contributed by atoms with van der Waals surface area (Å²) >= 11 is 0. The Bertz CT molecular complexity index is 1290. The molecule has 3 atom stereocenters. The quantitative estimate of drug-likeness (QED) is 0.496. The van der Waals surface area contributed by atoms with E-state index in [2.05, 4.69) is 16.0 Å². The lowest BCUT2D eigenvalue weighted by atomic mass is 10.00. The SMILES string of the molecule is CNC1CNCC(C(=O)N[C@H](C#N)Cc2ccc(-c3ccc4oc(=O)n(C)c4c3)cc2F)OC1. The van der Waals surface area contributed by atoms with Crippen LogP contribution in [-0.4, -0.2) is 55.4 Å². The minimum absolute atomic E-state index is 0.0168. The number of amides is 1. The van der Waals surface area contributed by atoms with E-state index in [1.165, 1.54) is 10.6 Å². The van der Waals surface area contributed by atoms with Gasteiger partial charge in [0.05, 0.1) is 18.2 Å². The minimum Gasteiger partial charge on any atom is -0.408 e. The average Bonchev–Trinajstić information content (AvgIpc) is 3.00. The number of oxazole rings is 1. The van der Waals surface area contributed by atoms with Gasteiger partial charge in [0.15, 0.2) is 5.58 Å². The second-order valence-electron chi connectivity index (χ2n) is 8.28. The summed E-state index contributed by atoms with van der Waals surface area (Å²) in [6.45, 7) is 1.37. The zero-order chi connectivity index (χ0) is 24.2. The number of fused-ring (bicyclic) bond motifs is 1. The number of benzene rings is 2. The Morgan fingerprint density at radius 1 is 1.29 bits per heavy atom. The van der Waals surface area contributed by atoms with E-state index in [1.807, 2.05) is 13.1 Å². The largest absolute Gasteiger partial charge is 0.419 e. The molecule has 2 heterocycles. The second-order valence-corrected chi connectivity index (χ2v) is 8.28. The van der Waals surface area contributed by atoms with Crippen molar-refractivity contribution in [3.63, 3.8) is 0 Å². The van der Waals surface area contributed by atoms with Gasteiger partial charge in [0.2, 0.25) is 0 Å². The number of nitriles is 1. The lowest BCUT2D eigenvalue weighted by Gasteiger charge is -2.18. The number of aryl methyl sites for hydroxylation is 1. The topological polar surface area (TPSA) is 121 Å². The maximum atomic E-state index is 14.9. The fourth-order valence-corrected chi connectivity index (χ4v) is 3.90. The number of nitrogens with zero attached hydrogens (tertiary/aromatic N) is 2. The number of aromatic nitrogens is 1. The molecule has 9 nitrogen and oxygen atoms in total. The van der Waals surface area contributed by atoms with Crippen LogP contribution in [0.3, 0.4) is 0 Å². The van der Waals surface area contributed by atoms with Crippen LogP contribution in [0.2, 0.25) is 0 Å². The highest BCUT2D eigenvalue weighted by Crippen LogP contribution is 2.26. The molecule has 2 unspecified atom stereocenters. The number of hydrogen-bond acceptors (Lipinski definition) is 7. The molecule has 2 aromatic carbocycles. The van der Waals surface area contributed by atoms with E-state index >= 15 is 0 Å². The smallest absolute Gasteiger partial charge is 0.408 e. The van der Waals surface area contributed by atoms with Gasteiger partial charge in [-0.2, -0.15) is 5.26 Å². The molecule has 3 aromatic rings. The molecule has 0 radical (unpaired) electrons. The van der Waals surface area contributed by atoms with Crippen LogP contribution in [0.25, 0.3) is 22.2 Å². The van der Waals surface area contributed by atoms with Gasteiger partial charge in [-0.3, -0.25) is 9.36 Å². The van der Waals surface area contributed by atoms with Gasteiger partial charge in [0.25, 0.3) is 5.91 Å². The van der Waals surface area contributed by atoms with Gasteiger partial charge in [0.1, 0.15) is 18.0 Å². The van der Waals surface area contributed by atoms with Crippen LogP contribution in [0.15, 0.2) is 45.6 Å². The normalized spacial score (nSPS) is 19.4. The fourth-order valence-electron chi connectivity index (χ4n) is 3.90. The van der Waals surface area contributed by atoms with E-state index in [-0.39, 0.29) is 12.5 Å². The number of carbonyl (C=O) groups excluding carboxylic acids is 1. The summed E-state index contributed by atoms with van der Waals surface area (Å²) in [5, 5.41) is 18.4. The van der Waals surface area contributed by atoms with Gasteiger partial charge < -0.3 is 25.1 Å². The van der Waals surface area contributed by atoms with Crippen molar-refractivity contribution in [1.82, 2.24) is 20.5 Å². The lowest BCUT2D eigenvalue weighted by Crippen LogP contribution is -2.46. The number of ether oxygens (including phenoxy) is 1. The molecule has 10 heteroatoms. The molecule has 4 rings (SSSR count). The first-order valence-electron chi connectivity index (χ1n) is 11.0. The van der Waals surface area contributed by atoms with Crippen LogP contribution in [0.1, 0.15) is 5.56 Å². The van der Waals surface area contributed by atoms with Crippen LogP contribution in [0.5, 0.6) is 0 Å². The zero-order valence-electron chi connectivity index (χ0n) is 18.9. The minimum atomic E-state index is -0.906. The molecule has 34 heavy (non-hydrogen) atoms. The van der Waals surface area contributed by atoms with Crippen molar-refractivity contribution in [2.75, 3.05) is 26.7 Å². The number of halogens is 1. The summed E-state index contributed by atoms with van der Waals surface area (Å²) < 4.78 is 27.1. The maximum absolute atomic E-state index is 14.9. The van der Waals surface area contributed by atoms with Gasteiger partial charge in [-0.1, -0.05) is 18.2 Å². The molecular weight excluding hydrogens is 441 g/mol. The van der Waals surface area contributed by atoms with E-state index in [9.17, 15) is 19.2 Å². The summed E-state index contributed by atoms with van der Waals surface area (Å²) in [4.78, 5) is 24.3. The van der Waals surface area contributed by atoms with Crippen molar-refractivity contribution < 1.29 is 18.3 Å². The molecule has 1 fully saturated rings. The summed E-state index contributed by atoms with van der Waals surface area (Å²) in [5.74, 6) is -1.37. The predicted octanol–water partition coefficient (Wildman–Crippen LogP) is 1.06. The molecule has 1 amide bonds. The first-order chi connectivity index (χ1) is 16.4. The number of likely N-dealkylation sites (N-methyl/N-ethyl adjacent to an activating group) is 1. The zero-order valence-corrected chi connectivity index (χ0v) is 18.9. The summed E-state index contributed by atoms with van der Waals surface area (Å²) in [5.41, 5.74) is 2.71. The van der Waals surface area contributed by atoms with Crippen LogP contribution in [0, 0.1) is 17.1 Å². The van der Waals surface area contributed by atoms with Crippen LogP contribution >= 0.6 is 0 Å². The molecule has 1 aliphatic rings. The monoisotopic (exact) mass is 467 g/mol. The molecule has 1 saturated heterocycles. The van der Waals surface area contributed by atoms with Crippen LogP contribution < -0.4 is 21.7 Å². The van der Waals surface area contributed by atoms with Gasteiger partial charge in [-0.05, 0) is 41.9 Å². The third kappa shape index (κ3) is 5.02. The number of carbonyl (C=O) groups is 1. The first-order valence-corrected chi connectivity index (χ1v) is 11.0.